The molecule has 2 rings (SSSR count). The highest BCUT2D eigenvalue weighted by Crippen LogP contribution is 2.33. The predicted molar refractivity (Wildman–Crippen MR) is 47.7 cm³/mol. The van der Waals surface area contributed by atoms with Crippen molar-refractivity contribution in [3.8, 4) is 0 Å². The highest BCUT2D eigenvalue weighted by molar-refractivity contribution is 5.82. The van der Waals surface area contributed by atoms with Crippen LogP contribution in [0.1, 0.15) is 5.76 Å². The van der Waals surface area contributed by atoms with Gasteiger partial charge in [-0.1, -0.05) is 0 Å². The Morgan fingerprint density at radius 3 is 2.62 bits per heavy atom. The van der Waals surface area contributed by atoms with Crippen molar-refractivity contribution < 1.29 is 27.5 Å². The van der Waals surface area contributed by atoms with Crippen molar-refractivity contribution in [3.05, 3.63) is 35.8 Å². The summed E-state index contributed by atoms with van der Waals surface area (Å²) in [5.41, 5.74) is 0.0114. The van der Waals surface area contributed by atoms with E-state index in [2.05, 4.69) is 4.42 Å². The smallest absolute Gasteiger partial charge is 0.399 e. The van der Waals surface area contributed by atoms with Gasteiger partial charge in [0, 0.05) is 5.39 Å². The van der Waals surface area contributed by atoms with Gasteiger partial charge in [-0.25, -0.2) is 9.18 Å². The van der Waals surface area contributed by atoms with Crippen LogP contribution in [0.2, 0.25) is 0 Å². The Kier molecular flexibility index (Phi) is 2.15. The van der Waals surface area contributed by atoms with Gasteiger partial charge in [-0.3, -0.25) is 0 Å². The van der Waals surface area contributed by atoms with Gasteiger partial charge in [0.1, 0.15) is 11.4 Å². The number of halogens is 3. The number of carboxylic acid groups (broad SMARTS) is 1. The van der Waals surface area contributed by atoms with Gasteiger partial charge in [0.25, 0.3) is 0 Å². The predicted octanol–water partition coefficient (Wildman–Crippen LogP) is 2.75. The van der Waals surface area contributed by atoms with Crippen LogP contribution in [0.25, 0.3) is 11.0 Å². The summed E-state index contributed by atoms with van der Waals surface area (Å²) in [6.07, 6.45) is 0. The second-order valence-electron chi connectivity index (χ2n) is 3.17. The van der Waals surface area contributed by atoms with E-state index in [-0.39, 0.29) is 11.0 Å². The fraction of sp³-hybridized carbons (Fsp3) is 0.100. The van der Waals surface area contributed by atoms with Gasteiger partial charge < -0.3 is 9.52 Å². The highest BCUT2D eigenvalue weighted by atomic mass is 19.3. The van der Waals surface area contributed by atoms with E-state index in [1.165, 1.54) is 0 Å². The first-order chi connectivity index (χ1) is 7.41. The van der Waals surface area contributed by atoms with Crippen LogP contribution >= 0.6 is 0 Å². The zero-order chi connectivity index (χ0) is 11.9. The molecule has 0 radical (unpaired) electrons. The normalized spacial score (nSPS) is 11.9. The number of carboxylic acids is 1. The molecule has 1 heterocycles. The van der Waals surface area contributed by atoms with E-state index in [9.17, 15) is 18.0 Å². The lowest BCUT2D eigenvalue weighted by Crippen LogP contribution is -2.24. The maximum atomic E-state index is 13.0. The lowest BCUT2D eigenvalue weighted by molar-refractivity contribution is -0.168. The van der Waals surface area contributed by atoms with E-state index in [4.69, 9.17) is 5.11 Å². The average molecular weight is 230 g/mol. The highest BCUT2D eigenvalue weighted by Gasteiger charge is 2.44. The van der Waals surface area contributed by atoms with Crippen molar-refractivity contribution >= 4 is 16.9 Å². The first-order valence-electron chi connectivity index (χ1n) is 4.22. The molecule has 16 heavy (non-hydrogen) atoms. The van der Waals surface area contributed by atoms with Crippen molar-refractivity contribution in [1.82, 2.24) is 0 Å². The molecule has 0 unspecified atom stereocenters. The van der Waals surface area contributed by atoms with E-state index < -0.39 is 23.5 Å². The molecule has 0 aliphatic carbocycles. The van der Waals surface area contributed by atoms with Crippen molar-refractivity contribution in [2.24, 2.45) is 0 Å². The van der Waals surface area contributed by atoms with Crippen LogP contribution in [0, 0.1) is 5.82 Å². The fourth-order valence-corrected chi connectivity index (χ4v) is 1.27. The quantitative estimate of drug-likeness (QED) is 0.862. The number of fused-ring (bicyclic) bond motifs is 1. The maximum Gasteiger partial charge on any atom is 0.399 e. The van der Waals surface area contributed by atoms with Crippen LogP contribution < -0.4 is 0 Å². The van der Waals surface area contributed by atoms with Gasteiger partial charge in [0.2, 0.25) is 0 Å². The van der Waals surface area contributed by atoms with Gasteiger partial charge in [-0.05, 0) is 24.3 Å². The second-order valence-corrected chi connectivity index (χ2v) is 3.17. The van der Waals surface area contributed by atoms with Crippen molar-refractivity contribution in [2.75, 3.05) is 0 Å². The minimum absolute atomic E-state index is 0.0114. The number of aliphatic carboxylic acids is 1. The third kappa shape index (κ3) is 1.52. The molecule has 0 bridgehead atoms. The van der Waals surface area contributed by atoms with Crippen LogP contribution in [0.15, 0.2) is 28.7 Å². The number of benzene rings is 1. The lowest BCUT2D eigenvalue weighted by atomic mass is 10.2. The van der Waals surface area contributed by atoms with Gasteiger partial charge in [-0.15, -0.1) is 0 Å². The monoisotopic (exact) mass is 230 g/mol. The molecule has 2 aromatic rings. The molecular weight excluding hydrogens is 225 g/mol. The molecule has 0 spiro atoms. The number of furan rings is 1. The summed E-state index contributed by atoms with van der Waals surface area (Å²) in [7, 11) is 0. The third-order valence-corrected chi connectivity index (χ3v) is 2.06. The van der Waals surface area contributed by atoms with Crippen LogP contribution in [0.5, 0.6) is 0 Å². The molecule has 0 fully saturated rings. The van der Waals surface area contributed by atoms with Gasteiger partial charge in [-0.2, -0.15) is 8.78 Å². The molecule has 3 nitrogen and oxygen atoms in total. The Bertz CT molecular complexity index is 559. The molecule has 0 aliphatic rings. The SMILES string of the molecule is O=C(O)C(F)(F)c1cc2cc(F)ccc2o1. The number of alkyl halides is 2. The third-order valence-electron chi connectivity index (χ3n) is 2.06. The molecule has 0 aliphatic heterocycles. The first kappa shape index (κ1) is 10.5. The summed E-state index contributed by atoms with van der Waals surface area (Å²) in [5.74, 6) is -8.05. The van der Waals surface area contributed by atoms with Crippen molar-refractivity contribution in [1.29, 1.82) is 0 Å². The molecular formula is C10H5F3O3. The first-order valence-corrected chi connectivity index (χ1v) is 4.22. The molecule has 0 amide bonds. The second kappa shape index (κ2) is 3.26. The zero-order valence-corrected chi connectivity index (χ0v) is 7.71. The summed E-state index contributed by atoms with van der Waals surface area (Å²) in [5, 5.41) is 8.38. The Hall–Kier alpha value is -1.98. The summed E-state index contributed by atoms with van der Waals surface area (Å²) in [6.45, 7) is 0. The summed E-state index contributed by atoms with van der Waals surface area (Å²) in [4.78, 5) is 10.3. The van der Waals surface area contributed by atoms with Crippen LogP contribution in [0.4, 0.5) is 13.2 Å². The molecule has 0 saturated carbocycles. The molecule has 0 saturated heterocycles. The molecule has 6 heteroatoms. The summed E-state index contributed by atoms with van der Waals surface area (Å²) < 4.78 is 43.5. The Balaban J connectivity index is 2.59. The molecule has 84 valence electrons. The standard InChI is InChI=1S/C10H5F3O3/c11-6-1-2-7-5(3-6)4-8(16-7)10(12,13)9(14)15/h1-4H,(H,14,15). The number of carbonyl (C=O) groups is 1. The number of hydrogen-bond donors (Lipinski definition) is 1. The van der Waals surface area contributed by atoms with Crippen LogP contribution in [-0.4, -0.2) is 11.1 Å². The minimum Gasteiger partial charge on any atom is -0.476 e. The number of rotatable bonds is 2. The van der Waals surface area contributed by atoms with Gasteiger partial charge in [0.05, 0.1) is 0 Å². The maximum absolute atomic E-state index is 13.0. The zero-order valence-electron chi connectivity index (χ0n) is 7.71. The van der Waals surface area contributed by atoms with Crippen molar-refractivity contribution in [2.45, 2.75) is 5.92 Å². The van der Waals surface area contributed by atoms with Gasteiger partial charge in [0.15, 0.2) is 5.76 Å². The topological polar surface area (TPSA) is 50.4 Å². The van der Waals surface area contributed by atoms with Crippen LogP contribution in [-0.2, 0) is 10.7 Å². The largest absolute Gasteiger partial charge is 0.476 e. The lowest BCUT2D eigenvalue weighted by Gasteiger charge is -2.05. The molecule has 1 aromatic carbocycles. The Labute approximate surface area is 87.1 Å². The molecule has 0 atom stereocenters. The number of hydrogen-bond acceptors (Lipinski definition) is 2. The van der Waals surface area contributed by atoms with Gasteiger partial charge >= 0.3 is 11.9 Å². The minimum atomic E-state index is -4.12. The average Bonchev–Trinajstić information content (AvgIpc) is 2.60. The summed E-state index contributed by atoms with van der Waals surface area (Å²) >= 11 is 0. The fourth-order valence-electron chi connectivity index (χ4n) is 1.27. The Morgan fingerprint density at radius 2 is 2.00 bits per heavy atom. The van der Waals surface area contributed by atoms with E-state index in [0.717, 1.165) is 24.3 Å². The van der Waals surface area contributed by atoms with E-state index >= 15 is 0 Å². The van der Waals surface area contributed by atoms with E-state index in [0.29, 0.717) is 0 Å². The molecule has 1 aromatic heterocycles. The van der Waals surface area contributed by atoms with Crippen molar-refractivity contribution in [3.63, 3.8) is 0 Å². The summed E-state index contributed by atoms with van der Waals surface area (Å²) in [6, 6.07) is 3.99. The molecule has 1 N–H and O–H groups in total. The Morgan fingerprint density at radius 1 is 1.31 bits per heavy atom. The van der Waals surface area contributed by atoms with Crippen LogP contribution in [0.3, 0.4) is 0 Å². The van der Waals surface area contributed by atoms with E-state index in [1.807, 2.05) is 0 Å². The van der Waals surface area contributed by atoms with E-state index in [1.54, 1.807) is 0 Å².